The van der Waals surface area contributed by atoms with Crippen LogP contribution in [0.25, 0.3) is 0 Å². The maximum absolute atomic E-state index is 12.2. The Kier molecular flexibility index (Phi) is 7.50. The van der Waals surface area contributed by atoms with Crippen molar-refractivity contribution in [2.45, 2.75) is 64.2 Å². The lowest BCUT2D eigenvalue weighted by Crippen LogP contribution is -2.40. The van der Waals surface area contributed by atoms with Crippen molar-refractivity contribution in [1.29, 1.82) is 5.26 Å². The van der Waals surface area contributed by atoms with Crippen LogP contribution in [0.5, 0.6) is 0 Å². The monoisotopic (exact) mass is 266 g/mol. The molecule has 19 heavy (non-hydrogen) atoms. The van der Waals surface area contributed by atoms with E-state index in [2.05, 4.69) is 11.4 Å². The van der Waals surface area contributed by atoms with Crippen LogP contribution in [0.4, 0.5) is 0 Å². The third kappa shape index (κ3) is 5.20. The van der Waals surface area contributed by atoms with Crippen LogP contribution in [-0.2, 0) is 4.79 Å². The first kappa shape index (κ1) is 16.0. The van der Waals surface area contributed by atoms with Gasteiger partial charge in [0.1, 0.15) is 5.41 Å². The van der Waals surface area contributed by atoms with Crippen LogP contribution in [0.1, 0.15) is 64.2 Å². The number of amides is 1. The number of carbonyl (C=O) groups is 1. The molecule has 4 heteroatoms. The van der Waals surface area contributed by atoms with E-state index in [1.54, 1.807) is 0 Å². The molecule has 0 bridgehead atoms. The highest BCUT2D eigenvalue weighted by Gasteiger charge is 2.38. The van der Waals surface area contributed by atoms with E-state index < -0.39 is 5.41 Å². The summed E-state index contributed by atoms with van der Waals surface area (Å²) in [4.78, 5) is 12.2. The number of hydrogen-bond donors (Lipinski definition) is 2. The lowest BCUT2D eigenvalue weighted by atomic mass is 9.81. The standard InChI is InChI=1S/C15H26N2O2/c16-13-15(9-5-1-2-6-10-15)14(19)17-11-7-3-4-8-12-18/h18H,1-12H2,(H,17,19). The van der Waals surface area contributed by atoms with Crippen LogP contribution >= 0.6 is 0 Å². The van der Waals surface area contributed by atoms with Gasteiger partial charge in [0.15, 0.2) is 0 Å². The minimum Gasteiger partial charge on any atom is -0.396 e. The second kappa shape index (κ2) is 8.92. The average Bonchev–Trinajstić information content (AvgIpc) is 2.68. The van der Waals surface area contributed by atoms with E-state index in [0.717, 1.165) is 51.4 Å². The molecular weight excluding hydrogens is 240 g/mol. The molecule has 0 unspecified atom stereocenters. The molecule has 0 aliphatic heterocycles. The zero-order valence-electron chi connectivity index (χ0n) is 11.8. The fourth-order valence-electron chi connectivity index (χ4n) is 2.68. The van der Waals surface area contributed by atoms with Crippen LogP contribution in [0, 0.1) is 16.7 Å². The number of unbranched alkanes of at least 4 members (excludes halogenated alkanes) is 3. The van der Waals surface area contributed by atoms with Crippen molar-refractivity contribution in [3.8, 4) is 6.07 Å². The summed E-state index contributed by atoms with van der Waals surface area (Å²) in [6.45, 7) is 0.887. The molecule has 0 atom stereocenters. The second-order valence-corrected chi connectivity index (χ2v) is 5.50. The first-order valence-electron chi connectivity index (χ1n) is 7.55. The molecule has 1 amide bonds. The highest BCUT2D eigenvalue weighted by Crippen LogP contribution is 2.34. The number of rotatable bonds is 7. The van der Waals surface area contributed by atoms with Gasteiger partial charge in [0.05, 0.1) is 6.07 Å². The number of nitrogens with zero attached hydrogens (tertiary/aromatic N) is 1. The van der Waals surface area contributed by atoms with Gasteiger partial charge in [-0.25, -0.2) is 0 Å². The fraction of sp³-hybridized carbons (Fsp3) is 0.867. The van der Waals surface area contributed by atoms with Gasteiger partial charge in [-0.05, 0) is 25.7 Å². The summed E-state index contributed by atoms with van der Waals surface area (Å²) in [5, 5.41) is 21.0. The quantitative estimate of drug-likeness (QED) is 0.549. The predicted molar refractivity (Wildman–Crippen MR) is 74.3 cm³/mol. The lowest BCUT2D eigenvalue weighted by molar-refractivity contribution is -0.128. The summed E-state index contributed by atoms with van der Waals surface area (Å²) < 4.78 is 0. The van der Waals surface area contributed by atoms with Crippen LogP contribution in [0.3, 0.4) is 0 Å². The minimum atomic E-state index is -0.776. The van der Waals surface area contributed by atoms with E-state index in [-0.39, 0.29) is 12.5 Å². The number of nitrogens with one attached hydrogen (secondary N) is 1. The summed E-state index contributed by atoms with van der Waals surface area (Å²) in [6.07, 6.45) is 9.42. The molecule has 0 aromatic carbocycles. The van der Waals surface area contributed by atoms with E-state index in [1.165, 1.54) is 0 Å². The predicted octanol–water partition coefficient (Wildman–Crippen LogP) is 2.52. The number of aliphatic hydroxyl groups excluding tert-OH is 1. The van der Waals surface area contributed by atoms with E-state index in [9.17, 15) is 10.1 Å². The molecule has 108 valence electrons. The molecule has 0 heterocycles. The van der Waals surface area contributed by atoms with Crippen LogP contribution in [0.15, 0.2) is 0 Å². The molecule has 1 rings (SSSR count). The number of nitriles is 1. The molecule has 0 spiro atoms. The highest BCUT2D eigenvalue weighted by atomic mass is 16.2. The molecule has 1 saturated carbocycles. The number of hydrogen-bond acceptors (Lipinski definition) is 3. The van der Waals surface area contributed by atoms with Crippen molar-refractivity contribution in [3.63, 3.8) is 0 Å². The van der Waals surface area contributed by atoms with Gasteiger partial charge in [-0.3, -0.25) is 4.79 Å². The third-order valence-electron chi connectivity index (χ3n) is 3.98. The van der Waals surface area contributed by atoms with Gasteiger partial charge in [0, 0.05) is 13.2 Å². The summed E-state index contributed by atoms with van der Waals surface area (Å²) in [5.74, 6) is -0.0703. The van der Waals surface area contributed by atoms with Gasteiger partial charge < -0.3 is 10.4 Å². The Bertz CT molecular complexity index is 302. The Balaban J connectivity index is 2.31. The highest BCUT2D eigenvalue weighted by molar-refractivity contribution is 5.85. The minimum absolute atomic E-state index is 0.0703. The lowest BCUT2D eigenvalue weighted by Gasteiger charge is -2.23. The van der Waals surface area contributed by atoms with Gasteiger partial charge >= 0.3 is 0 Å². The average molecular weight is 266 g/mol. The summed E-state index contributed by atoms with van der Waals surface area (Å²) in [7, 11) is 0. The number of carbonyl (C=O) groups excluding carboxylic acids is 1. The smallest absolute Gasteiger partial charge is 0.240 e. The molecule has 2 N–H and O–H groups in total. The Hall–Kier alpha value is -1.08. The zero-order chi connectivity index (χ0) is 14.0. The van der Waals surface area contributed by atoms with E-state index >= 15 is 0 Å². The largest absolute Gasteiger partial charge is 0.396 e. The Labute approximate surface area is 116 Å². The van der Waals surface area contributed by atoms with Gasteiger partial charge in [-0.1, -0.05) is 38.5 Å². The maximum Gasteiger partial charge on any atom is 0.240 e. The molecule has 0 aromatic rings. The van der Waals surface area contributed by atoms with Gasteiger partial charge in [0.2, 0.25) is 5.91 Å². The Morgan fingerprint density at radius 1 is 1.11 bits per heavy atom. The third-order valence-corrected chi connectivity index (χ3v) is 3.98. The van der Waals surface area contributed by atoms with Crippen molar-refractivity contribution >= 4 is 5.91 Å². The number of aliphatic hydroxyl groups is 1. The summed E-state index contributed by atoms with van der Waals surface area (Å²) >= 11 is 0. The molecule has 1 aliphatic rings. The van der Waals surface area contributed by atoms with Gasteiger partial charge in [-0.15, -0.1) is 0 Å². The second-order valence-electron chi connectivity index (χ2n) is 5.50. The normalized spacial score (nSPS) is 18.3. The van der Waals surface area contributed by atoms with Gasteiger partial charge in [0.25, 0.3) is 0 Å². The van der Waals surface area contributed by atoms with Crippen molar-refractivity contribution in [2.24, 2.45) is 5.41 Å². The maximum atomic E-state index is 12.2. The van der Waals surface area contributed by atoms with E-state index in [0.29, 0.717) is 19.4 Å². The molecule has 1 aliphatic carbocycles. The van der Waals surface area contributed by atoms with Crippen molar-refractivity contribution < 1.29 is 9.90 Å². The first-order chi connectivity index (χ1) is 9.25. The Morgan fingerprint density at radius 3 is 2.32 bits per heavy atom. The van der Waals surface area contributed by atoms with Crippen LogP contribution in [-0.4, -0.2) is 24.2 Å². The summed E-state index contributed by atoms with van der Waals surface area (Å²) in [5.41, 5.74) is -0.776. The Morgan fingerprint density at radius 2 is 1.74 bits per heavy atom. The van der Waals surface area contributed by atoms with Crippen LogP contribution < -0.4 is 5.32 Å². The molecule has 0 saturated heterocycles. The topological polar surface area (TPSA) is 73.1 Å². The van der Waals surface area contributed by atoms with Gasteiger partial charge in [-0.2, -0.15) is 5.26 Å². The van der Waals surface area contributed by atoms with Crippen molar-refractivity contribution in [2.75, 3.05) is 13.2 Å². The molecular formula is C15H26N2O2. The van der Waals surface area contributed by atoms with Crippen LogP contribution in [0.2, 0.25) is 0 Å². The molecule has 0 radical (unpaired) electrons. The molecule has 0 aromatic heterocycles. The summed E-state index contributed by atoms with van der Waals surface area (Å²) in [6, 6.07) is 2.27. The zero-order valence-corrected chi connectivity index (χ0v) is 11.8. The molecule has 1 fully saturated rings. The fourth-order valence-corrected chi connectivity index (χ4v) is 2.68. The van der Waals surface area contributed by atoms with E-state index in [1.807, 2.05) is 0 Å². The first-order valence-corrected chi connectivity index (χ1v) is 7.55. The van der Waals surface area contributed by atoms with E-state index in [4.69, 9.17) is 5.11 Å². The SMILES string of the molecule is N#CC1(C(=O)NCCCCCCO)CCCCCC1. The molecule has 4 nitrogen and oxygen atoms in total. The van der Waals surface area contributed by atoms with Crippen molar-refractivity contribution in [1.82, 2.24) is 5.32 Å². The van der Waals surface area contributed by atoms with Crippen molar-refractivity contribution in [3.05, 3.63) is 0 Å².